The Morgan fingerprint density at radius 2 is 2.06 bits per heavy atom. The number of anilines is 2. The van der Waals surface area contributed by atoms with Gasteiger partial charge in [0, 0.05) is 19.2 Å². The van der Waals surface area contributed by atoms with Crippen molar-refractivity contribution in [2.45, 2.75) is 32.8 Å². The van der Waals surface area contributed by atoms with Crippen molar-refractivity contribution < 1.29 is 5.11 Å². The van der Waals surface area contributed by atoms with Gasteiger partial charge in [-0.25, -0.2) is 9.97 Å². The van der Waals surface area contributed by atoms with Crippen LogP contribution in [0.2, 0.25) is 0 Å². The predicted octanol–water partition coefficient (Wildman–Crippen LogP) is 1.40. The second-order valence-electron chi connectivity index (χ2n) is 3.77. The van der Waals surface area contributed by atoms with E-state index in [1.165, 1.54) is 6.33 Å². The van der Waals surface area contributed by atoms with Gasteiger partial charge in [0.15, 0.2) is 0 Å². The number of hydrogen-bond donors (Lipinski definition) is 3. The molecule has 5 heteroatoms. The zero-order chi connectivity index (χ0) is 12.0. The Morgan fingerprint density at radius 1 is 1.38 bits per heavy atom. The summed E-state index contributed by atoms with van der Waals surface area (Å²) >= 11 is 0. The zero-order valence-corrected chi connectivity index (χ0v) is 10.1. The van der Waals surface area contributed by atoms with Crippen LogP contribution >= 0.6 is 0 Å². The van der Waals surface area contributed by atoms with Crippen LogP contribution in [0, 0.1) is 6.92 Å². The van der Waals surface area contributed by atoms with Crippen molar-refractivity contribution >= 4 is 11.6 Å². The van der Waals surface area contributed by atoms with Gasteiger partial charge in [-0.1, -0.05) is 13.3 Å². The Hall–Kier alpha value is -1.36. The molecule has 1 atom stereocenters. The van der Waals surface area contributed by atoms with E-state index < -0.39 is 0 Å². The monoisotopic (exact) mass is 224 g/mol. The molecule has 0 aliphatic heterocycles. The number of aliphatic hydroxyl groups is 1. The predicted molar refractivity (Wildman–Crippen MR) is 65.7 cm³/mol. The summed E-state index contributed by atoms with van der Waals surface area (Å²) in [4.78, 5) is 8.24. The maximum Gasteiger partial charge on any atom is 0.134 e. The molecule has 0 amide bonds. The molecule has 0 bridgehead atoms. The van der Waals surface area contributed by atoms with E-state index >= 15 is 0 Å². The fraction of sp³-hybridized carbons (Fsp3) is 0.636. The van der Waals surface area contributed by atoms with E-state index in [9.17, 15) is 5.11 Å². The van der Waals surface area contributed by atoms with Gasteiger partial charge in [0.1, 0.15) is 18.0 Å². The van der Waals surface area contributed by atoms with Crippen molar-refractivity contribution in [3.8, 4) is 0 Å². The van der Waals surface area contributed by atoms with E-state index in [1.807, 2.05) is 14.0 Å². The summed E-state index contributed by atoms with van der Waals surface area (Å²) in [6, 6.07) is 0. The van der Waals surface area contributed by atoms with Gasteiger partial charge in [0.05, 0.1) is 6.10 Å². The van der Waals surface area contributed by atoms with Crippen LogP contribution in [-0.4, -0.2) is 34.8 Å². The molecule has 0 saturated carbocycles. The molecule has 0 aromatic carbocycles. The first-order chi connectivity index (χ1) is 7.69. The number of aliphatic hydroxyl groups excluding tert-OH is 1. The highest BCUT2D eigenvalue weighted by atomic mass is 16.3. The lowest BCUT2D eigenvalue weighted by Gasteiger charge is -2.13. The molecule has 0 radical (unpaired) electrons. The molecule has 1 rings (SSSR count). The minimum atomic E-state index is -0.322. The Bertz CT molecular complexity index is 330. The van der Waals surface area contributed by atoms with Crippen LogP contribution in [0.4, 0.5) is 11.6 Å². The maximum atomic E-state index is 9.61. The SMILES string of the molecule is CCCC(O)CNc1ncnc(NC)c1C. The molecule has 5 nitrogen and oxygen atoms in total. The largest absolute Gasteiger partial charge is 0.391 e. The number of rotatable bonds is 6. The van der Waals surface area contributed by atoms with Crippen LogP contribution in [0.15, 0.2) is 6.33 Å². The van der Waals surface area contributed by atoms with Crippen molar-refractivity contribution in [3.63, 3.8) is 0 Å². The molecule has 1 unspecified atom stereocenters. The highest BCUT2D eigenvalue weighted by Gasteiger charge is 2.07. The Morgan fingerprint density at radius 3 is 2.69 bits per heavy atom. The number of nitrogens with zero attached hydrogens (tertiary/aromatic N) is 2. The molecular weight excluding hydrogens is 204 g/mol. The van der Waals surface area contributed by atoms with Gasteiger partial charge < -0.3 is 15.7 Å². The lowest BCUT2D eigenvalue weighted by Crippen LogP contribution is -2.20. The van der Waals surface area contributed by atoms with Crippen LogP contribution in [0.25, 0.3) is 0 Å². The Balaban J connectivity index is 2.60. The van der Waals surface area contributed by atoms with Crippen molar-refractivity contribution in [1.29, 1.82) is 0 Å². The van der Waals surface area contributed by atoms with Crippen molar-refractivity contribution in [3.05, 3.63) is 11.9 Å². The fourth-order valence-corrected chi connectivity index (χ4v) is 1.53. The summed E-state index contributed by atoms with van der Waals surface area (Å²) in [6.45, 7) is 4.52. The third kappa shape index (κ3) is 3.34. The Kier molecular flexibility index (Phi) is 4.98. The van der Waals surface area contributed by atoms with Gasteiger partial charge in [0.25, 0.3) is 0 Å². The summed E-state index contributed by atoms with van der Waals surface area (Å²) in [6.07, 6.45) is 2.97. The van der Waals surface area contributed by atoms with Gasteiger partial charge in [-0.3, -0.25) is 0 Å². The minimum Gasteiger partial charge on any atom is -0.391 e. The van der Waals surface area contributed by atoms with Crippen molar-refractivity contribution in [2.75, 3.05) is 24.2 Å². The van der Waals surface area contributed by atoms with Crippen LogP contribution in [0.1, 0.15) is 25.3 Å². The first kappa shape index (κ1) is 12.7. The average Bonchev–Trinajstić information content (AvgIpc) is 2.28. The van der Waals surface area contributed by atoms with E-state index in [4.69, 9.17) is 0 Å². The smallest absolute Gasteiger partial charge is 0.134 e. The zero-order valence-electron chi connectivity index (χ0n) is 10.1. The number of nitrogens with one attached hydrogen (secondary N) is 2. The van der Waals surface area contributed by atoms with Crippen LogP contribution in [0.3, 0.4) is 0 Å². The highest BCUT2D eigenvalue weighted by Crippen LogP contribution is 2.17. The van der Waals surface area contributed by atoms with Crippen LogP contribution < -0.4 is 10.6 Å². The molecule has 1 aromatic rings. The lowest BCUT2D eigenvalue weighted by atomic mass is 10.2. The quantitative estimate of drug-likeness (QED) is 0.681. The number of hydrogen-bond acceptors (Lipinski definition) is 5. The first-order valence-corrected chi connectivity index (χ1v) is 5.60. The third-order valence-corrected chi connectivity index (χ3v) is 2.45. The summed E-state index contributed by atoms with van der Waals surface area (Å²) < 4.78 is 0. The molecule has 0 aliphatic rings. The van der Waals surface area contributed by atoms with Crippen molar-refractivity contribution in [2.24, 2.45) is 0 Å². The molecule has 1 heterocycles. The van der Waals surface area contributed by atoms with E-state index in [1.54, 1.807) is 0 Å². The summed E-state index contributed by atoms with van der Waals surface area (Å²) in [5, 5.41) is 15.7. The number of aromatic nitrogens is 2. The summed E-state index contributed by atoms with van der Waals surface area (Å²) in [7, 11) is 1.82. The maximum absolute atomic E-state index is 9.61. The van der Waals surface area contributed by atoms with Crippen molar-refractivity contribution in [1.82, 2.24) is 9.97 Å². The molecular formula is C11H20N4O. The van der Waals surface area contributed by atoms with E-state index in [2.05, 4.69) is 27.5 Å². The second kappa shape index (κ2) is 6.27. The topological polar surface area (TPSA) is 70.1 Å². The highest BCUT2D eigenvalue weighted by molar-refractivity contribution is 5.56. The molecule has 90 valence electrons. The fourth-order valence-electron chi connectivity index (χ4n) is 1.53. The molecule has 16 heavy (non-hydrogen) atoms. The molecule has 0 saturated heterocycles. The first-order valence-electron chi connectivity index (χ1n) is 5.60. The average molecular weight is 224 g/mol. The van der Waals surface area contributed by atoms with Crippen LogP contribution in [-0.2, 0) is 0 Å². The molecule has 3 N–H and O–H groups in total. The summed E-state index contributed by atoms with van der Waals surface area (Å²) in [5.74, 6) is 1.58. The van der Waals surface area contributed by atoms with Gasteiger partial charge in [-0.05, 0) is 13.3 Å². The third-order valence-electron chi connectivity index (χ3n) is 2.45. The molecule has 1 aromatic heterocycles. The van der Waals surface area contributed by atoms with E-state index in [-0.39, 0.29) is 6.10 Å². The van der Waals surface area contributed by atoms with Gasteiger partial charge in [-0.15, -0.1) is 0 Å². The molecule has 0 aliphatic carbocycles. The lowest BCUT2D eigenvalue weighted by molar-refractivity contribution is 0.176. The van der Waals surface area contributed by atoms with Crippen LogP contribution in [0.5, 0.6) is 0 Å². The van der Waals surface area contributed by atoms with Gasteiger partial charge in [0.2, 0.25) is 0 Å². The molecule has 0 spiro atoms. The summed E-state index contributed by atoms with van der Waals surface area (Å²) in [5.41, 5.74) is 0.966. The second-order valence-corrected chi connectivity index (χ2v) is 3.77. The minimum absolute atomic E-state index is 0.322. The van der Waals surface area contributed by atoms with E-state index in [0.717, 1.165) is 30.0 Å². The molecule has 0 fully saturated rings. The van der Waals surface area contributed by atoms with E-state index in [0.29, 0.717) is 6.54 Å². The van der Waals surface area contributed by atoms with Gasteiger partial charge >= 0.3 is 0 Å². The standard InChI is InChI=1S/C11H20N4O/c1-4-5-9(16)6-13-11-8(2)10(12-3)14-7-15-11/h7,9,16H,4-6H2,1-3H3,(H2,12,13,14,15). The Labute approximate surface area is 96.3 Å². The normalized spacial score (nSPS) is 12.2. The van der Waals surface area contributed by atoms with Gasteiger partial charge in [-0.2, -0.15) is 0 Å².